The first-order valence-corrected chi connectivity index (χ1v) is 7.17. The van der Waals surface area contributed by atoms with Crippen molar-refractivity contribution in [2.24, 2.45) is 5.92 Å². The minimum atomic E-state index is 0.104. The van der Waals surface area contributed by atoms with E-state index in [2.05, 4.69) is 9.69 Å². The molecule has 1 saturated heterocycles. The fourth-order valence-corrected chi connectivity index (χ4v) is 2.63. The van der Waals surface area contributed by atoms with Crippen molar-refractivity contribution in [2.45, 2.75) is 32.8 Å². The average Bonchev–Trinajstić information content (AvgIpc) is 2.93. The Morgan fingerprint density at radius 2 is 2.44 bits per heavy atom. The Kier molecular flexibility index (Phi) is 4.66. The minimum Gasteiger partial charge on any atom is -0.484 e. The minimum absolute atomic E-state index is 0.104. The fourth-order valence-electron chi connectivity index (χ4n) is 1.96. The molecule has 1 aromatic heterocycles. The van der Waals surface area contributed by atoms with Gasteiger partial charge < -0.3 is 20.5 Å². The SMILES string of the molecule is CC(C)Oc1c(N)nsc1NCCC1CCOC1. The maximum Gasteiger partial charge on any atom is 0.197 e. The molecular formula is C12H21N3O2S. The van der Waals surface area contributed by atoms with Crippen LogP contribution < -0.4 is 15.8 Å². The van der Waals surface area contributed by atoms with Crippen LogP contribution >= 0.6 is 11.5 Å². The van der Waals surface area contributed by atoms with Crippen molar-refractivity contribution in [3.8, 4) is 5.75 Å². The van der Waals surface area contributed by atoms with Gasteiger partial charge in [0.1, 0.15) is 0 Å². The van der Waals surface area contributed by atoms with E-state index >= 15 is 0 Å². The molecule has 0 amide bonds. The van der Waals surface area contributed by atoms with Gasteiger partial charge in [-0.2, -0.15) is 4.37 Å². The molecule has 0 aliphatic carbocycles. The lowest BCUT2D eigenvalue weighted by Gasteiger charge is -2.12. The molecule has 1 unspecified atom stereocenters. The highest BCUT2D eigenvalue weighted by Crippen LogP contribution is 2.36. The zero-order chi connectivity index (χ0) is 13.0. The average molecular weight is 271 g/mol. The van der Waals surface area contributed by atoms with Gasteiger partial charge in [0.05, 0.1) is 6.10 Å². The van der Waals surface area contributed by atoms with Crippen LogP contribution in [0.2, 0.25) is 0 Å². The summed E-state index contributed by atoms with van der Waals surface area (Å²) in [5, 5.41) is 4.29. The fraction of sp³-hybridized carbons (Fsp3) is 0.750. The van der Waals surface area contributed by atoms with E-state index in [1.807, 2.05) is 13.8 Å². The number of hydrogen-bond acceptors (Lipinski definition) is 6. The van der Waals surface area contributed by atoms with Crippen molar-refractivity contribution in [3.63, 3.8) is 0 Å². The Hall–Kier alpha value is -1.01. The molecule has 3 N–H and O–H groups in total. The molecule has 0 spiro atoms. The molecule has 18 heavy (non-hydrogen) atoms. The summed E-state index contributed by atoms with van der Waals surface area (Å²) in [5.74, 6) is 1.84. The Morgan fingerprint density at radius 1 is 1.61 bits per heavy atom. The summed E-state index contributed by atoms with van der Waals surface area (Å²) < 4.78 is 15.2. The van der Waals surface area contributed by atoms with Crippen molar-refractivity contribution >= 4 is 22.4 Å². The van der Waals surface area contributed by atoms with E-state index in [1.54, 1.807) is 0 Å². The monoisotopic (exact) mass is 271 g/mol. The van der Waals surface area contributed by atoms with Crippen LogP contribution in [0.15, 0.2) is 0 Å². The second kappa shape index (κ2) is 6.24. The topological polar surface area (TPSA) is 69.4 Å². The third-order valence-corrected chi connectivity index (χ3v) is 3.69. The predicted molar refractivity (Wildman–Crippen MR) is 74.3 cm³/mol. The number of nitrogens with two attached hydrogens (primary N) is 1. The van der Waals surface area contributed by atoms with Crippen LogP contribution in [0.5, 0.6) is 5.75 Å². The molecule has 0 bridgehead atoms. The van der Waals surface area contributed by atoms with E-state index in [9.17, 15) is 0 Å². The standard InChI is InChI=1S/C12H21N3O2S/c1-8(2)17-10-11(13)15-18-12(10)14-5-3-9-4-6-16-7-9/h8-9,14H,3-7H2,1-2H3,(H2,13,15). The van der Waals surface area contributed by atoms with E-state index in [0.717, 1.165) is 31.2 Å². The molecule has 2 rings (SSSR count). The van der Waals surface area contributed by atoms with Crippen molar-refractivity contribution < 1.29 is 9.47 Å². The zero-order valence-electron chi connectivity index (χ0n) is 10.9. The highest BCUT2D eigenvalue weighted by molar-refractivity contribution is 7.11. The van der Waals surface area contributed by atoms with E-state index in [0.29, 0.717) is 17.5 Å². The van der Waals surface area contributed by atoms with Crippen LogP contribution in [0, 0.1) is 5.92 Å². The normalized spacial score (nSPS) is 19.4. The number of aromatic nitrogens is 1. The quantitative estimate of drug-likeness (QED) is 0.831. The van der Waals surface area contributed by atoms with Gasteiger partial charge in [-0.25, -0.2) is 0 Å². The Morgan fingerprint density at radius 3 is 3.11 bits per heavy atom. The van der Waals surface area contributed by atoms with Crippen LogP contribution in [0.4, 0.5) is 10.8 Å². The third kappa shape index (κ3) is 3.49. The lowest BCUT2D eigenvalue weighted by atomic mass is 10.1. The van der Waals surface area contributed by atoms with Gasteiger partial charge in [0.15, 0.2) is 16.6 Å². The molecule has 1 atom stereocenters. The molecule has 0 saturated carbocycles. The van der Waals surface area contributed by atoms with E-state index < -0.39 is 0 Å². The van der Waals surface area contributed by atoms with Crippen LogP contribution in [0.1, 0.15) is 26.7 Å². The van der Waals surface area contributed by atoms with Gasteiger partial charge in [-0.05, 0) is 44.1 Å². The van der Waals surface area contributed by atoms with Gasteiger partial charge >= 0.3 is 0 Å². The van der Waals surface area contributed by atoms with Crippen molar-refractivity contribution in [1.29, 1.82) is 0 Å². The number of nitrogen functional groups attached to an aromatic ring is 1. The smallest absolute Gasteiger partial charge is 0.197 e. The van der Waals surface area contributed by atoms with Gasteiger partial charge in [-0.1, -0.05) is 0 Å². The number of nitrogens with zero attached hydrogens (tertiary/aromatic N) is 1. The Labute approximate surface area is 112 Å². The second-order valence-corrected chi connectivity index (χ2v) is 5.61. The van der Waals surface area contributed by atoms with Crippen molar-refractivity contribution in [1.82, 2.24) is 4.37 Å². The molecule has 0 radical (unpaired) electrons. The van der Waals surface area contributed by atoms with Gasteiger partial charge in [0.2, 0.25) is 0 Å². The number of nitrogens with one attached hydrogen (secondary N) is 1. The summed E-state index contributed by atoms with van der Waals surface area (Å²) >= 11 is 1.36. The summed E-state index contributed by atoms with van der Waals surface area (Å²) in [7, 11) is 0. The highest BCUT2D eigenvalue weighted by Gasteiger charge is 2.17. The molecule has 1 aliphatic rings. The molecule has 2 heterocycles. The maximum absolute atomic E-state index is 5.80. The van der Waals surface area contributed by atoms with Crippen LogP contribution in [-0.4, -0.2) is 30.2 Å². The van der Waals surface area contributed by atoms with Crippen LogP contribution in [-0.2, 0) is 4.74 Å². The first-order valence-electron chi connectivity index (χ1n) is 6.40. The summed E-state index contributed by atoms with van der Waals surface area (Å²) in [4.78, 5) is 0. The molecular weight excluding hydrogens is 250 g/mol. The van der Waals surface area contributed by atoms with Crippen molar-refractivity contribution in [2.75, 3.05) is 30.8 Å². The molecule has 1 fully saturated rings. The molecule has 102 valence electrons. The Balaban J connectivity index is 1.84. The molecule has 6 heteroatoms. The summed E-state index contributed by atoms with van der Waals surface area (Å²) in [6.45, 7) is 6.67. The highest BCUT2D eigenvalue weighted by atomic mass is 32.1. The molecule has 0 aromatic carbocycles. The summed E-state index contributed by atoms with van der Waals surface area (Å²) in [6.07, 6.45) is 2.38. The van der Waals surface area contributed by atoms with Gasteiger partial charge in [0, 0.05) is 19.8 Å². The van der Waals surface area contributed by atoms with Crippen LogP contribution in [0.3, 0.4) is 0 Å². The number of ether oxygens (including phenoxy) is 2. The molecule has 5 nitrogen and oxygen atoms in total. The zero-order valence-corrected chi connectivity index (χ0v) is 11.8. The lowest BCUT2D eigenvalue weighted by Crippen LogP contribution is -2.11. The maximum atomic E-state index is 5.80. The first-order chi connectivity index (χ1) is 8.66. The van der Waals surface area contributed by atoms with Gasteiger partial charge in [-0.15, -0.1) is 0 Å². The molecule has 1 aliphatic heterocycles. The largest absolute Gasteiger partial charge is 0.484 e. The Bertz CT molecular complexity index is 375. The summed E-state index contributed by atoms with van der Waals surface area (Å²) in [5.41, 5.74) is 5.80. The third-order valence-electron chi connectivity index (χ3n) is 2.89. The van der Waals surface area contributed by atoms with Gasteiger partial charge in [0.25, 0.3) is 0 Å². The van der Waals surface area contributed by atoms with E-state index in [-0.39, 0.29) is 6.10 Å². The second-order valence-electron chi connectivity index (χ2n) is 4.84. The number of hydrogen-bond donors (Lipinski definition) is 2. The number of rotatable bonds is 6. The predicted octanol–water partition coefficient (Wildman–Crippen LogP) is 2.35. The van der Waals surface area contributed by atoms with E-state index in [4.69, 9.17) is 15.2 Å². The van der Waals surface area contributed by atoms with Gasteiger partial charge in [-0.3, -0.25) is 0 Å². The number of anilines is 2. The summed E-state index contributed by atoms with van der Waals surface area (Å²) in [6, 6.07) is 0. The van der Waals surface area contributed by atoms with Crippen molar-refractivity contribution in [3.05, 3.63) is 0 Å². The first kappa shape index (κ1) is 13.4. The lowest BCUT2D eigenvalue weighted by molar-refractivity contribution is 0.185. The van der Waals surface area contributed by atoms with Crippen LogP contribution in [0.25, 0.3) is 0 Å². The molecule has 1 aromatic rings. The van der Waals surface area contributed by atoms with E-state index in [1.165, 1.54) is 18.0 Å².